The van der Waals surface area contributed by atoms with Gasteiger partial charge in [-0.3, -0.25) is 0 Å². The van der Waals surface area contributed by atoms with Gasteiger partial charge in [-0.05, 0) is 41.9 Å². The van der Waals surface area contributed by atoms with Gasteiger partial charge >= 0.3 is 0 Å². The van der Waals surface area contributed by atoms with Crippen molar-refractivity contribution >= 4 is 27.5 Å². The average Bonchev–Trinajstić information content (AvgIpc) is 2.53. The minimum Gasteiger partial charge on any atom is -0.493 e. The van der Waals surface area contributed by atoms with Crippen molar-refractivity contribution in [1.29, 1.82) is 0 Å². The van der Waals surface area contributed by atoms with Gasteiger partial charge in [-0.1, -0.05) is 46.6 Å². The normalized spacial score (nSPS) is 10.5. The Morgan fingerprint density at radius 1 is 1.14 bits per heavy atom. The molecule has 0 radical (unpaired) electrons. The number of hydrogen-bond donors (Lipinski definition) is 1. The van der Waals surface area contributed by atoms with Crippen LogP contribution in [0.2, 0.25) is 5.02 Å². The zero-order valence-corrected chi connectivity index (χ0v) is 15.0. The Hall–Kier alpha value is -1.23. The summed E-state index contributed by atoms with van der Waals surface area (Å²) in [5.74, 6) is 1.44. The zero-order chi connectivity index (χ0) is 15.9. The first kappa shape index (κ1) is 17.1. The molecular formula is C17H19BrClNO2. The summed E-state index contributed by atoms with van der Waals surface area (Å²) in [6.07, 6.45) is 0. The molecule has 0 aliphatic heterocycles. The first-order valence-electron chi connectivity index (χ1n) is 7.08. The van der Waals surface area contributed by atoms with E-state index in [2.05, 4.69) is 28.2 Å². The minimum absolute atomic E-state index is 0.465. The van der Waals surface area contributed by atoms with Crippen LogP contribution in [-0.2, 0) is 13.2 Å². The fourth-order valence-corrected chi connectivity index (χ4v) is 2.57. The van der Waals surface area contributed by atoms with E-state index in [0.29, 0.717) is 12.4 Å². The lowest BCUT2D eigenvalue weighted by molar-refractivity contribution is 0.284. The van der Waals surface area contributed by atoms with E-state index >= 15 is 0 Å². The van der Waals surface area contributed by atoms with Crippen LogP contribution in [0.3, 0.4) is 0 Å². The Labute approximate surface area is 144 Å². The third kappa shape index (κ3) is 4.63. The van der Waals surface area contributed by atoms with Crippen LogP contribution in [0, 0.1) is 0 Å². The smallest absolute Gasteiger partial charge is 0.162 e. The van der Waals surface area contributed by atoms with E-state index in [1.807, 2.05) is 36.4 Å². The first-order chi connectivity index (χ1) is 10.6. The zero-order valence-electron chi connectivity index (χ0n) is 12.7. The van der Waals surface area contributed by atoms with Crippen molar-refractivity contribution in [3.05, 3.63) is 57.0 Å². The van der Waals surface area contributed by atoms with Crippen molar-refractivity contribution in [3.8, 4) is 11.5 Å². The van der Waals surface area contributed by atoms with Crippen molar-refractivity contribution in [3.63, 3.8) is 0 Å². The van der Waals surface area contributed by atoms with E-state index in [0.717, 1.165) is 39.5 Å². The molecule has 5 heteroatoms. The molecule has 22 heavy (non-hydrogen) atoms. The number of rotatable bonds is 7. The van der Waals surface area contributed by atoms with Gasteiger partial charge in [0.2, 0.25) is 0 Å². The fraction of sp³-hybridized carbons (Fsp3) is 0.294. The molecule has 0 fully saturated rings. The lowest BCUT2D eigenvalue weighted by Gasteiger charge is -2.14. The molecule has 0 saturated heterocycles. The Bertz CT molecular complexity index is 617. The first-order valence-corrected chi connectivity index (χ1v) is 8.25. The maximum Gasteiger partial charge on any atom is 0.162 e. The highest BCUT2D eigenvalue weighted by molar-refractivity contribution is 9.10. The predicted octanol–water partition coefficient (Wildman–Crippen LogP) is 4.80. The summed E-state index contributed by atoms with van der Waals surface area (Å²) in [7, 11) is 1.65. The van der Waals surface area contributed by atoms with Crippen LogP contribution < -0.4 is 14.8 Å². The molecule has 0 aliphatic rings. The second kappa shape index (κ2) is 8.42. The molecule has 0 spiro atoms. The largest absolute Gasteiger partial charge is 0.493 e. The van der Waals surface area contributed by atoms with Gasteiger partial charge in [0.25, 0.3) is 0 Å². The Balaban J connectivity index is 2.12. The van der Waals surface area contributed by atoms with Crippen LogP contribution in [0.1, 0.15) is 18.1 Å². The Morgan fingerprint density at radius 2 is 1.86 bits per heavy atom. The van der Waals surface area contributed by atoms with Crippen LogP contribution in [-0.4, -0.2) is 13.7 Å². The molecular weight excluding hydrogens is 366 g/mol. The number of benzene rings is 2. The van der Waals surface area contributed by atoms with Crippen molar-refractivity contribution in [2.24, 2.45) is 0 Å². The average molecular weight is 385 g/mol. The van der Waals surface area contributed by atoms with E-state index < -0.39 is 0 Å². The predicted molar refractivity (Wildman–Crippen MR) is 93.9 cm³/mol. The summed E-state index contributed by atoms with van der Waals surface area (Å²) in [5.41, 5.74) is 2.19. The molecule has 0 aromatic heterocycles. The molecule has 3 nitrogen and oxygen atoms in total. The third-order valence-corrected chi connectivity index (χ3v) is 4.20. The van der Waals surface area contributed by atoms with Gasteiger partial charge in [-0.15, -0.1) is 0 Å². The van der Waals surface area contributed by atoms with Gasteiger partial charge in [-0.25, -0.2) is 0 Å². The lowest BCUT2D eigenvalue weighted by Crippen LogP contribution is -2.12. The highest BCUT2D eigenvalue weighted by atomic mass is 79.9. The van der Waals surface area contributed by atoms with Gasteiger partial charge < -0.3 is 14.8 Å². The topological polar surface area (TPSA) is 30.5 Å². The molecule has 2 rings (SSSR count). The standard InChI is InChI=1S/C17H19BrClNO2/c1-3-20-10-13-8-16(21-2)17(9-15(13)18)22-11-12-4-6-14(19)7-5-12/h4-9,20H,3,10-11H2,1-2H3. The van der Waals surface area contributed by atoms with Crippen LogP contribution in [0.25, 0.3) is 0 Å². The SMILES string of the molecule is CCNCc1cc(OC)c(OCc2ccc(Cl)cc2)cc1Br. The highest BCUT2D eigenvalue weighted by Crippen LogP contribution is 2.34. The van der Waals surface area contributed by atoms with Crippen molar-refractivity contribution in [1.82, 2.24) is 5.32 Å². The molecule has 2 aromatic rings. The van der Waals surface area contributed by atoms with E-state index in [1.165, 1.54) is 0 Å². The third-order valence-electron chi connectivity index (χ3n) is 3.21. The van der Waals surface area contributed by atoms with E-state index in [9.17, 15) is 0 Å². The monoisotopic (exact) mass is 383 g/mol. The molecule has 0 bridgehead atoms. The van der Waals surface area contributed by atoms with Crippen LogP contribution in [0.15, 0.2) is 40.9 Å². The summed E-state index contributed by atoms with van der Waals surface area (Å²) in [4.78, 5) is 0. The number of ether oxygens (including phenoxy) is 2. The minimum atomic E-state index is 0.465. The van der Waals surface area contributed by atoms with E-state index in [-0.39, 0.29) is 0 Å². The highest BCUT2D eigenvalue weighted by Gasteiger charge is 2.10. The molecule has 0 amide bonds. The Morgan fingerprint density at radius 3 is 2.50 bits per heavy atom. The van der Waals surface area contributed by atoms with Gasteiger partial charge in [0.05, 0.1) is 7.11 Å². The Kier molecular flexibility index (Phi) is 6.55. The molecule has 0 heterocycles. The molecule has 118 valence electrons. The second-order valence-corrected chi connectivity index (χ2v) is 6.08. The summed E-state index contributed by atoms with van der Waals surface area (Å²) in [5, 5.41) is 4.02. The van der Waals surface area contributed by atoms with Gasteiger partial charge in [0.15, 0.2) is 11.5 Å². The summed E-state index contributed by atoms with van der Waals surface area (Å²) in [6.45, 7) is 4.25. The molecule has 2 aromatic carbocycles. The van der Waals surface area contributed by atoms with Gasteiger partial charge in [0.1, 0.15) is 6.61 Å². The van der Waals surface area contributed by atoms with Crippen molar-refractivity contribution < 1.29 is 9.47 Å². The fourth-order valence-electron chi connectivity index (χ4n) is 1.99. The number of nitrogens with one attached hydrogen (secondary N) is 1. The molecule has 0 aliphatic carbocycles. The maximum absolute atomic E-state index is 5.88. The lowest BCUT2D eigenvalue weighted by atomic mass is 10.2. The molecule has 1 N–H and O–H groups in total. The van der Waals surface area contributed by atoms with E-state index in [1.54, 1.807) is 7.11 Å². The van der Waals surface area contributed by atoms with Crippen LogP contribution in [0.4, 0.5) is 0 Å². The number of halogens is 2. The van der Waals surface area contributed by atoms with Gasteiger partial charge in [0, 0.05) is 16.0 Å². The summed E-state index contributed by atoms with van der Waals surface area (Å²) in [6, 6.07) is 11.5. The van der Waals surface area contributed by atoms with Crippen molar-refractivity contribution in [2.75, 3.05) is 13.7 Å². The number of hydrogen-bond acceptors (Lipinski definition) is 3. The second-order valence-electron chi connectivity index (χ2n) is 4.79. The summed E-state index contributed by atoms with van der Waals surface area (Å²) >= 11 is 9.47. The van der Waals surface area contributed by atoms with Crippen molar-refractivity contribution in [2.45, 2.75) is 20.1 Å². The van der Waals surface area contributed by atoms with Crippen LogP contribution in [0.5, 0.6) is 11.5 Å². The quantitative estimate of drug-likeness (QED) is 0.744. The van der Waals surface area contributed by atoms with Gasteiger partial charge in [-0.2, -0.15) is 0 Å². The molecule has 0 saturated carbocycles. The maximum atomic E-state index is 5.88. The molecule has 0 unspecified atom stereocenters. The van der Waals surface area contributed by atoms with Crippen LogP contribution >= 0.6 is 27.5 Å². The number of methoxy groups -OCH3 is 1. The van der Waals surface area contributed by atoms with E-state index in [4.69, 9.17) is 21.1 Å². The molecule has 0 atom stereocenters. The summed E-state index contributed by atoms with van der Waals surface area (Å²) < 4.78 is 12.3.